The molecule has 3 nitrogen and oxygen atoms in total. The monoisotopic (exact) mass is 199 g/mol. The molecule has 1 fully saturated rings. The minimum Gasteiger partial charge on any atom is -0.396 e. The van der Waals surface area contributed by atoms with Crippen LogP contribution in [0.3, 0.4) is 0 Å². The average Bonchev–Trinajstić information content (AvgIpc) is 2.70. The van der Waals surface area contributed by atoms with Crippen molar-refractivity contribution in [2.24, 2.45) is 0 Å². The lowest BCUT2D eigenvalue weighted by Gasteiger charge is -2.00. The number of thiazole rings is 1. The molecular weight excluding hydrogens is 186 g/mol. The van der Waals surface area contributed by atoms with E-state index in [4.69, 9.17) is 9.84 Å². The summed E-state index contributed by atoms with van der Waals surface area (Å²) in [5, 5.41) is 11.9. The molecule has 13 heavy (non-hydrogen) atoms. The SMILES string of the molecule is OCCc1csc(C2CCOC2)n1. The molecule has 0 aliphatic carbocycles. The molecule has 1 aromatic rings. The van der Waals surface area contributed by atoms with E-state index < -0.39 is 0 Å². The van der Waals surface area contributed by atoms with Gasteiger partial charge in [-0.25, -0.2) is 4.98 Å². The first kappa shape index (κ1) is 9.12. The zero-order valence-electron chi connectivity index (χ0n) is 7.40. The minimum atomic E-state index is 0.185. The third-order valence-corrected chi connectivity index (χ3v) is 3.27. The van der Waals surface area contributed by atoms with Crippen LogP contribution in [0.25, 0.3) is 0 Å². The van der Waals surface area contributed by atoms with Crippen molar-refractivity contribution in [3.8, 4) is 0 Å². The van der Waals surface area contributed by atoms with E-state index in [0.717, 1.165) is 25.3 Å². The van der Waals surface area contributed by atoms with E-state index in [1.807, 2.05) is 5.38 Å². The van der Waals surface area contributed by atoms with E-state index in [2.05, 4.69) is 4.98 Å². The molecule has 1 aliphatic rings. The smallest absolute Gasteiger partial charge is 0.0983 e. The minimum absolute atomic E-state index is 0.185. The molecule has 0 aromatic carbocycles. The number of aliphatic hydroxyl groups excluding tert-OH is 1. The van der Waals surface area contributed by atoms with Gasteiger partial charge in [0.1, 0.15) is 0 Å². The van der Waals surface area contributed by atoms with Crippen molar-refractivity contribution in [3.63, 3.8) is 0 Å². The van der Waals surface area contributed by atoms with Crippen molar-refractivity contribution in [2.75, 3.05) is 19.8 Å². The van der Waals surface area contributed by atoms with Crippen molar-refractivity contribution in [2.45, 2.75) is 18.8 Å². The Morgan fingerprint density at radius 3 is 3.31 bits per heavy atom. The summed E-state index contributed by atoms with van der Waals surface area (Å²) >= 11 is 1.68. The highest BCUT2D eigenvalue weighted by Crippen LogP contribution is 2.27. The van der Waals surface area contributed by atoms with Gasteiger partial charge in [0, 0.05) is 30.9 Å². The number of nitrogens with zero attached hydrogens (tertiary/aromatic N) is 1. The van der Waals surface area contributed by atoms with Gasteiger partial charge in [-0.1, -0.05) is 0 Å². The lowest BCUT2D eigenvalue weighted by molar-refractivity contribution is 0.194. The van der Waals surface area contributed by atoms with Crippen LogP contribution in [0.1, 0.15) is 23.0 Å². The second-order valence-electron chi connectivity index (χ2n) is 3.21. The molecule has 0 amide bonds. The van der Waals surface area contributed by atoms with Crippen LogP contribution in [-0.4, -0.2) is 29.9 Å². The first-order valence-electron chi connectivity index (χ1n) is 4.53. The molecule has 1 aliphatic heterocycles. The summed E-state index contributed by atoms with van der Waals surface area (Å²) < 4.78 is 5.30. The average molecular weight is 199 g/mol. The Bertz CT molecular complexity index is 268. The van der Waals surface area contributed by atoms with E-state index in [9.17, 15) is 0 Å². The topological polar surface area (TPSA) is 42.4 Å². The van der Waals surface area contributed by atoms with Crippen molar-refractivity contribution in [3.05, 3.63) is 16.1 Å². The molecule has 1 saturated heterocycles. The van der Waals surface area contributed by atoms with Crippen LogP contribution in [0.4, 0.5) is 0 Å². The molecule has 0 radical (unpaired) electrons. The summed E-state index contributed by atoms with van der Waals surface area (Å²) in [6.45, 7) is 1.86. The zero-order valence-corrected chi connectivity index (χ0v) is 8.22. The predicted molar refractivity (Wildman–Crippen MR) is 51.1 cm³/mol. The van der Waals surface area contributed by atoms with Gasteiger partial charge in [0.15, 0.2) is 0 Å². The molecule has 1 aromatic heterocycles. The summed E-state index contributed by atoms with van der Waals surface area (Å²) in [7, 11) is 0. The third kappa shape index (κ3) is 2.07. The van der Waals surface area contributed by atoms with Crippen molar-refractivity contribution >= 4 is 11.3 Å². The first-order valence-corrected chi connectivity index (χ1v) is 5.41. The van der Waals surface area contributed by atoms with Gasteiger partial charge >= 0.3 is 0 Å². The zero-order chi connectivity index (χ0) is 9.10. The van der Waals surface area contributed by atoms with Crippen LogP contribution in [-0.2, 0) is 11.2 Å². The molecule has 0 saturated carbocycles. The van der Waals surface area contributed by atoms with Crippen LogP contribution in [0, 0.1) is 0 Å². The quantitative estimate of drug-likeness (QED) is 0.795. The molecule has 1 atom stereocenters. The Hall–Kier alpha value is -0.450. The van der Waals surface area contributed by atoms with Gasteiger partial charge in [-0.15, -0.1) is 11.3 Å². The maximum atomic E-state index is 8.73. The maximum Gasteiger partial charge on any atom is 0.0983 e. The fraction of sp³-hybridized carbons (Fsp3) is 0.667. The van der Waals surface area contributed by atoms with Crippen LogP contribution in [0.15, 0.2) is 5.38 Å². The Kier molecular flexibility index (Phi) is 2.93. The highest BCUT2D eigenvalue weighted by Gasteiger charge is 2.20. The van der Waals surface area contributed by atoms with Gasteiger partial charge in [-0.05, 0) is 6.42 Å². The second kappa shape index (κ2) is 4.17. The van der Waals surface area contributed by atoms with E-state index in [0.29, 0.717) is 12.3 Å². The number of aromatic nitrogens is 1. The molecule has 2 rings (SSSR count). The van der Waals surface area contributed by atoms with Gasteiger partial charge in [0.2, 0.25) is 0 Å². The van der Waals surface area contributed by atoms with E-state index in [1.165, 1.54) is 5.01 Å². The largest absolute Gasteiger partial charge is 0.396 e. The van der Waals surface area contributed by atoms with Gasteiger partial charge in [-0.2, -0.15) is 0 Å². The summed E-state index contributed by atoms with van der Waals surface area (Å²) in [4.78, 5) is 4.46. The van der Waals surface area contributed by atoms with Crippen molar-refractivity contribution in [1.29, 1.82) is 0 Å². The maximum absolute atomic E-state index is 8.73. The number of hydrogen-bond acceptors (Lipinski definition) is 4. The summed E-state index contributed by atoms with van der Waals surface area (Å²) in [6.07, 6.45) is 1.76. The summed E-state index contributed by atoms with van der Waals surface area (Å²) in [5.74, 6) is 0.498. The fourth-order valence-electron chi connectivity index (χ4n) is 1.47. The van der Waals surface area contributed by atoms with Gasteiger partial charge in [0.25, 0.3) is 0 Å². The highest BCUT2D eigenvalue weighted by atomic mass is 32.1. The molecule has 72 valence electrons. The van der Waals surface area contributed by atoms with E-state index >= 15 is 0 Å². The van der Waals surface area contributed by atoms with Crippen LogP contribution >= 0.6 is 11.3 Å². The lowest BCUT2D eigenvalue weighted by atomic mass is 10.1. The molecular formula is C9H13NO2S. The predicted octanol–water partition coefficient (Wildman–Crippen LogP) is 1.18. The van der Waals surface area contributed by atoms with Crippen LogP contribution in [0.2, 0.25) is 0 Å². The summed E-state index contributed by atoms with van der Waals surface area (Å²) in [6, 6.07) is 0. The molecule has 1 unspecified atom stereocenters. The second-order valence-corrected chi connectivity index (χ2v) is 4.10. The third-order valence-electron chi connectivity index (χ3n) is 2.22. The molecule has 0 bridgehead atoms. The van der Waals surface area contributed by atoms with Crippen molar-refractivity contribution < 1.29 is 9.84 Å². The first-order chi connectivity index (χ1) is 6.40. The number of ether oxygens (including phenoxy) is 1. The standard InChI is InChI=1S/C9H13NO2S/c11-3-1-8-6-13-9(10-8)7-2-4-12-5-7/h6-7,11H,1-5H2. The molecule has 4 heteroatoms. The molecule has 1 N–H and O–H groups in total. The van der Waals surface area contributed by atoms with Gasteiger partial charge in [0.05, 0.1) is 17.3 Å². The lowest BCUT2D eigenvalue weighted by Crippen LogP contribution is -1.98. The molecule has 0 spiro atoms. The Morgan fingerprint density at radius 2 is 2.62 bits per heavy atom. The van der Waals surface area contributed by atoms with E-state index in [1.54, 1.807) is 11.3 Å². The molecule has 2 heterocycles. The fourth-order valence-corrected chi connectivity index (χ4v) is 2.44. The number of aliphatic hydroxyl groups is 1. The van der Waals surface area contributed by atoms with Gasteiger partial charge < -0.3 is 9.84 Å². The normalized spacial score (nSPS) is 22.4. The summed E-state index contributed by atoms with van der Waals surface area (Å²) in [5.41, 5.74) is 1.01. The number of rotatable bonds is 3. The van der Waals surface area contributed by atoms with Crippen molar-refractivity contribution in [1.82, 2.24) is 4.98 Å². The highest BCUT2D eigenvalue weighted by molar-refractivity contribution is 7.09. The van der Waals surface area contributed by atoms with Crippen LogP contribution in [0.5, 0.6) is 0 Å². The Labute approximate surface area is 81.4 Å². The Balaban J connectivity index is 2.03. The number of hydrogen-bond donors (Lipinski definition) is 1. The van der Waals surface area contributed by atoms with E-state index in [-0.39, 0.29) is 6.61 Å². The Morgan fingerprint density at radius 1 is 1.69 bits per heavy atom. The van der Waals surface area contributed by atoms with Gasteiger partial charge in [-0.3, -0.25) is 0 Å². The van der Waals surface area contributed by atoms with Crippen LogP contribution < -0.4 is 0 Å².